The third-order valence-electron chi connectivity index (χ3n) is 3.78. The van der Waals surface area contributed by atoms with Gasteiger partial charge in [0, 0.05) is 11.8 Å². The molecule has 0 aliphatic heterocycles. The van der Waals surface area contributed by atoms with Gasteiger partial charge in [-0.3, -0.25) is 10.1 Å². The summed E-state index contributed by atoms with van der Waals surface area (Å²) in [5.41, 5.74) is 3.97. The van der Waals surface area contributed by atoms with Crippen molar-refractivity contribution >= 4 is 22.6 Å². The molecule has 1 amide bonds. The third-order valence-corrected chi connectivity index (χ3v) is 3.78. The van der Waals surface area contributed by atoms with Crippen molar-refractivity contribution < 1.29 is 9.78 Å². The SMILES string of the molecule is CCC(=O)NCCNc1[nH+]c2c(C)c(C)ccc2cc1C#N. The van der Waals surface area contributed by atoms with Crippen LogP contribution in [0.2, 0.25) is 0 Å². The molecule has 5 nitrogen and oxygen atoms in total. The lowest BCUT2D eigenvalue weighted by molar-refractivity contribution is -0.328. The van der Waals surface area contributed by atoms with E-state index in [0.29, 0.717) is 30.9 Å². The van der Waals surface area contributed by atoms with Gasteiger partial charge in [0.15, 0.2) is 0 Å². The molecule has 0 bridgehead atoms. The van der Waals surface area contributed by atoms with Gasteiger partial charge < -0.3 is 5.32 Å². The largest absolute Gasteiger partial charge is 0.352 e. The predicted octanol–water partition coefficient (Wildman–Crippen LogP) is 2.08. The van der Waals surface area contributed by atoms with E-state index in [1.54, 1.807) is 0 Å². The van der Waals surface area contributed by atoms with Gasteiger partial charge in [-0.25, -0.2) is 4.98 Å². The van der Waals surface area contributed by atoms with E-state index in [2.05, 4.69) is 41.6 Å². The predicted molar refractivity (Wildman–Crippen MR) is 86.5 cm³/mol. The van der Waals surface area contributed by atoms with Crippen LogP contribution in [0.5, 0.6) is 0 Å². The Kier molecular flexibility index (Phi) is 4.95. The first-order valence-electron chi connectivity index (χ1n) is 7.43. The van der Waals surface area contributed by atoms with Gasteiger partial charge in [0.05, 0.1) is 6.54 Å². The van der Waals surface area contributed by atoms with Crippen molar-refractivity contribution in [1.82, 2.24) is 5.32 Å². The van der Waals surface area contributed by atoms with E-state index in [-0.39, 0.29) is 5.91 Å². The van der Waals surface area contributed by atoms with Gasteiger partial charge in [0.2, 0.25) is 5.91 Å². The molecule has 3 N–H and O–H groups in total. The Morgan fingerprint density at radius 3 is 2.77 bits per heavy atom. The molecule has 0 aliphatic carbocycles. The molecule has 5 heteroatoms. The minimum Gasteiger partial charge on any atom is -0.352 e. The summed E-state index contributed by atoms with van der Waals surface area (Å²) in [6.45, 7) is 7.03. The van der Waals surface area contributed by atoms with Crippen LogP contribution in [0.4, 0.5) is 5.82 Å². The molecule has 0 saturated carbocycles. The van der Waals surface area contributed by atoms with Crippen LogP contribution in [0, 0.1) is 25.2 Å². The van der Waals surface area contributed by atoms with Crippen molar-refractivity contribution in [1.29, 1.82) is 5.26 Å². The number of hydrogen-bond donors (Lipinski definition) is 2. The molecule has 0 saturated heterocycles. The smallest absolute Gasteiger partial charge is 0.290 e. The third kappa shape index (κ3) is 3.34. The monoisotopic (exact) mass is 297 g/mol. The molecule has 2 rings (SSSR count). The number of nitriles is 1. The van der Waals surface area contributed by atoms with Gasteiger partial charge in [-0.15, -0.1) is 0 Å². The van der Waals surface area contributed by atoms with Crippen molar-refractivity contribution in [2.75, 3.05) is 18.4 Å². The van der Waals surface area contributed by atoms with Gasteiger partial charge in [-0.1, -0.05) is 19.1 Å². The van der Waals surface area contributed by atoms with E-state index < -0.39 is 0 Å². The number of rotatable bonds is 5. The van der Waals surface area contributed by atoms with Crippen molar-refractivity contribution in [2.45, 2.75) is 27.2 Å². The van der Waals surface area contributed by atoms with Crippen molar-refractivity contribution in [3.63, 3.8) is 0 Å². The van der Waals surface area contributed by atoms with Gasteiger partial charge in [-0.05, 0) is 31.0 Å². The van der Waals surface area contributed by atoms with Crippen molar-refractivity contribution in [3.8, 4) is 6.07 Å². The van der Waals surface area contributed by atoms with E-state index in [4.69, 9.17) is 0 Å². The highest BCUT2D eigenvalue weighted by molar-refractivity contribution is 5.82. The first-order valence-corrected chi connectivity index (χ1v) is 7.43. The first kappa shape index (κ1) is 15.8. The topological polar surface area (TPSA) is 79.1 Å². The Labute approximate surface area is 130 Å². The highest BCUT2D eigenvalue weighted by Gasteiger charge is 2.14. The Balaban J connectivity index is 2.23. The minimum absolute atomic E-state index is 0.0243. The fourth-order valence-corrected chi connectivity index (χ4v) is 2.29. The number of carbonyl (C=O) groups excluding carboxylic acids is 1. The molecular formula is C17H21N4O+. The molecular weight excluding hydrogens is 276 g/mol. The number of fused-ring (bicyclic) bond motifs is 1. The maximum absolute atomic E-state index is 11.2. The second kappa shape index (κ2) is 6.90. The van der Waals surface area contributed by atoms with Crippen LogP contribution >= 0.6 is 0 Å². The molecule has 1 heterocycles. The number of anilines is 1. The Bertz CT molecular complexity index is 746. The van der Waals surface area contributed by atoms with E-state index in [9.17, 15) is 10.1 Å². The second-order valence-corrected chi connectivity index (χ2v) is 5.27. The molecule has 0 spiro atoms. The molecule has 1 aromatic heterocycles. The van der Waals surface area contributed by atoms with Gasteiger partial charge >= 0.3 is 0 Å². The molecule has 114 valence electrons. The highest BCUT2D eigenvalue weighted by atomic mass is 16.1. The van der Waals surface area contributed by atoms with Crippen LogP contribution < -0.4 is 15.6 Å². The summed E-state index contributed by atoms with van der Waals surface area (Å²) in [7, 11) is 0. The fourth-order valence-electron chi connectivity index (χ4n) is 2.29. The lowest BCUT2D eigenvalue weighted by atomic mass is 10.0. The van der Waals surface area contributed by atoms with Crippen molar-refractivity contribution in [2.24, 2.45) is 0 Å². The molecule has 0 atom stereocenters. The number of amides is 1. The quantitative estimate of drug-likeness (QED) is 0.829. The number of benzene rings is 1. The van der Waals surface area contributed by atoms with Crippen LogP contribution in [0.1, 0.15) is 30.0 Å². The summed E-state index contributed by atoms with van der Waals surface area (Å²) < 4.78 is 0. The van der Waals surface area contributed by atoms with Gasteiger partial charge in [0.1, 0.15) is 23.7 Å². The fraction of sp³-hybridized carbons (Fsp3) is 0.353. The average Bonchev–Trinajstić information content (AvgIpc) is 2.54. The lowest BCUT2D eigenvalue weighted by Gasteiger charge is -2.07. The van der Waals surface area contributed by atoms with Crippen LogP contribution in [-0.2, 0) is 4.79 Å². The van der Waals surface area contributed by atoms with Crippen LogP contribution in [0.15, 0.2) is 18.2 Å². The molecule has 0 radical (unpaired) electrons. The number of carbonyl (C=O) groups is 1. The average molecular weight is 297 g/mol. The molecule has 0 aliphatic rings. The van der Waals surface area contributed by atoms with E-state index in [1.807, 2.05) is 19.1 Å². The number of nitrogens with zero attached hydrogens (tertiary/aromatic N) is 1. The summed E-state index contributed by atoms with van der Waals surface area (Å²) in [5.74, 6) is 0.714. The normalized spacial score (nSPS) is 10.3. The molecule has 0 fully saturated rings. The summed E-state index contributed by atoms with van der Waals surface area (Å²) in [6, 6.07) is 8.15. The van der Waals surface area contributed by atoms with Crippen LogP contribution in [0.25, 0.3) is 10.9 Å². The number of hydrogen-bond acceptors (Lipinski definition) is 3. The summed E-state index contributed by atoms with van der Waals surface area (Å²) in [4.78, 5) is 14.5. The Hall–Kier alpha value is -2.61. The van der Waals surface area contributed by atoms with E-state index in [0.717, 1.165) is 10.9 Å². The van der Waals surface area contributed by atoms with Crippen LogP contribution in [0.3, 0.4) is 0 Å². The lowest BCUT2D eigenvalue weighted by Crippen LogP contribution is -2.29. The number of H-pyrrole nitrogens is 1. The zero-order valence-corrected chi connectivity index (χ0v) is 13.2. The molecule has 0 unspecified atom stereocenters. The molecule has 1 aromatic carbocycles. The van der Waals surface area contributed by atoms with Crippen molar-refractivity contribution in [3.05, 3.63) is 34.9 Å². The zero-order valence-electron chi connectivity index (χ0n) is 13.2. The standard InChI is InChI=1S/C17H20N4O/c1-4-15(22)19-7-8-20-17-14(10-18)9-13-6-5-11(2)12(3)16(13)21-17/h5-6,9H,4,7-8H2,1-3H3,(H,19,22)(H,20,21)/p+1. The Morgan fingerprint density at radius 1 is 1.32 bits per heavy atom. The highest BCUT2D eigenvalue weighted by Crippen LogP contribution is 2.21. The number of aryl methyl sites for hydroxylation is 2. The summed E-state index contributed by atoms with van der Waals surface area (Å²) in [5, 5.41) is 16.3. The number of pyridine rings is 1. The van der Waals surface area contributed by atoms with Crippen LogP contribution in [-0.4, -0.2) is 19.0 Å². The second-order valence-electron chi connectivity index (χ2n) is 5.27. The van der Waals surface area contributed by atoms with E-state index in [1.165, 1.54) is 11.1 Å². The minimum atomic E-state index is 0.0243. The van der Waals surface area contributed by atoms with Gasteiger partial charge in [0.25, 0.3) is 5.82 Å². The van der Waals surface area contributed by atoms with E-state index >= 15 is 0 Å². The summed E-state index contributed by atoms with van der Waals surface area (Å²) >= 11 is 0. The van der Waals surface area contributed by atoms with Gasteiger partial charge in [-0.2, -0.15) is 5.26 Å². The summed E-state index contributed by atoms with van der Waals surface area (Å²) in [6.07, 6.45) is 0.476. The number of nitrogens with one attached hydrogen (secondary N) is 3. The first-order chi connectivity index (χ1) is 10.6. The zero-order chi connectivity index (χ0) is 16.1. The number of aromatic amines is 1. The maximum Gasteiger partial charge on any atom is 0.290 e. The number of aromatic nitrogens is 1. The Morgan fingerprint density at radius 2 is 2.09 bits per heavy atom. The molecule has 2 aromatic rings. The molecule has 22 heavy (non-hydrogen) atoms. The maximum atomic E-state index is 11.2.